The summed E-state index contributed by atoms with van der Waals surface area (Å²) in [4.78, 5) is 12.6. The van der Waals surface area contributed by atoms with Crippen LogP contribution in [0.15, 0.2) is 22.5 Å². The molecule has 0 aliphatic carbocycles. The Morgan fingerprint density at radius 3 is 3.03 bits per heavy atom. The maximum absolute atomic E-state index is 12.6. The molecule has 1 atom stereocenters. The number of hydrogen-bond acceptors (Lipinski definition) is 9. The predicted molar refractivity (Wildman–Crippen MR) is 119 cm³/mol. The number of nitrogens with zero attached hydrogens (tertiary/aromatic N) is 3. The highest BCUT2D eigenvalue weighted by Gasteiger charge is 2.28. The third kappa shape index (κ3) is 4.79. The van der Waals surface area contributed by atoms with Crippen molar-refractivity contribution >= 4 is 49.7 Å². The van der Waals surface area contributed by atoms with Crippen LogP contribution in [-0.4, -0.2) is 61.7 Å². The summed E-state index contributed by atoms with van der Waals surface area (Å²) in [5.74, 6) is 0.315. The van der Waals surface area contributed by atoms with Crippen molar-refractivity contribution in [2.75, 3.05) is 40.8 Å². The van der Waals surface area contributed by atoms with E-state index in [2.05, 4.69) is 15.5 Å². The molecule has 4 rings (SSSR count). The van der Waals surface area contributed by atoms with Gasteiger partial charge < -0.3 is 10.1 Å². The number of anilines is 2. The number of carbonyl (C=O) groups is 1. The van der Waals surface area contributed by atoms with Crippen LogP contribution < -0.4 is 9.62 Å². The minimum absolute atomic E-state index is 0.0105. The molecule has 3 heterocycles. The summed E-state index contributed by atoms with van der Waals surface area (Å²) in [7, 11) is -3.28. The summed E-state index contributed by atoms with van der Waals surface area (Å²) in [5, 5.41) is 12.2. The van der Waals surface area contributed by atoms with Crippen molar-refractivity contribution in [2.24, 2.45) is 0 Å². The molecule has 1 aromatic heterocycles. The van der Waals surface area contributed by atoms with E-state index < -0.39 is 10.0 Å². The summed E-state index contributed by atoms with van der Waals surface area (Å²) in [6.45, 7) is 3.61. The Morgan fingerprint density at radius 1 is 1.40 bits per heavy atom. The molecule has 1 aromatic carbocycles. The number of hydrogen-bond donors (Lipinski definition) is 1. The molecule has 0 unspecified atom stereocenters. The Kier molecular flexibility index (Phi) is 6.61. The first-order chi connectivity index (χ1) is 14.5. The number of fused-ring (bicyclic) bond motifs is 1. The minimum Gasteiger partial charge on any atom is -0.376 e. The van der Waals surface area contributed by atoms with Crippen LogP contribution in [0.5, 0.6) is 0 Å². The van der Waals surface area contributed by atoms with E-state index >= 15 is 0 Å². The van der Waals surface area contributed by atoms with Crippen molar-refractivity contribution in [1.82, 2.24) is 10.2 Å². The highest BCUT2D eigenvalue weighted by Crippen LogP contribution is 2.32. The van der Waals surface area contributed by atoms with E-state index in [-0.39, 0.29) is 23.4 Å². The molecule has 1 N–H and O–H groups in total. The monoisotopic (exact) mass is 468 g/mol. The average molecular weight is 469 g/mol. The van der Waals surface area contributed by atoms with Gasteiger partial charge in [-0.05, 0) is 49.9 Å². The first kappa shape index (κ1) is 21.5. The van der Waals surface area contributed by atoms with Crippen LogP contribution in [-0.2, 0) is 21.2 Å². The minimum atomic E-state index is -3.28. The van der Waals surface area contributed by atoms with E-state index in [4.69, 9.17) is 4.74 Å². The van der Waals surface area contributed by atoms with Gasteiger partial charge in [0, 0.05) is 25.3 Å². The van der Waals surface area contributed by atoms with Crippen LogP contribution in [0.4, 0.5) is 10.8 Å². The van der Waals surface area contributed by atoms with Crippen molar-refractivity contribution in [3.63, 3.8) is 0 Å². The Hall–Kier alpha value is -1.69. The molecule has 162 valence electrons. The first-order valence-corrected chi connectivity index (χ1v) is 13.4. The molecule has 1 saturated heterocycles. The first-order valence-electron chi connectivity index (χ1n) is 9.94. The lowest BCUT2D eigenvalue weighted by Gasteiger charge is -2.18. The van der Waals surface area contributed by atoms with Crippen LogP contribution in [0.3, 0.4) is 0 Å². The fourth-order valence-electron chi connectivity index (χ4n) is 3.55. The topological polar surface area (TPSA) is 101 Å². The SMILES string of the molecule is CCS(=O)(=O)N1CCc2cc(C(=O)CSc3nnc(NC[C@@H]4CCCO4)s3)ccc21. The molecule has 30 heavy (non-hydrogen) atoms. The summed E-state index contributed by atoms with van der Waals surface area (Å²) in [6, 6.07) is 5.27. The molecule has 0 spiro atoms. The van der Waals surface area contributed by atoms with Crippen LogP contribution in [0.25, 0.3) is 0 Å². The van der Waals surface area contributed by atoms with Gasteiger partial charge in [-0.3, -0.25) is 9.10 Å². The molecular formula is C19H24N4O4S3. The molecule has 2 aliphatic heterocycles. The maximum Gasteiger partial charge on any atom is 0.234 e. The number of aromatic nitrogens is 2. The van der Waals surface area contributed by atoms with Gasteiger partial charge in [0.1, 0.15) is 0 Å². The Bertz CT molecular complexity index is 1020. The fraction of sp³-hybridized carbons (Fsp3) is 0.526. The van der Waals surface area contributed by atoms with E-state index in [0.717, 1.165) is 41.0 Å². The number of carbonyl (C=O) groups excluding carboxylic acids is 1. The average Bonchev–Trinajstić information content (AvgIpc) is 3.50. The molecule has 2 aliphatic rings. The van der Waals surface area contributed by atoms with Gasteiger partial charge in [0.15, 0.2) is 10.1 Å². The smallest absolute Gasteiger partial charge is 0.234 e. The van der Waals surface area contributed by atoms with Gasteiger partial charge in [0.05, 0.1) is 23.3 Å². The standard InChI is InChI=1S/C19H24N4O4S3/c1-2-30(25,26)23-8-7-13-10-14(5-6-16(13)23)17(24)12-28-19-22-21-18(29-19)20-11-15-4-3-9-27-15/h5-6,10,15H,2-4,7-9,11-12H2,1H3,(H,20,21)/t15-/m0/s1. The fourth-order valence-corrected chi connectivity index (χ4v) is 6.36. The lowest BCUT2D eigenvalue weighted by molar-refractivity contribution is 0.102. The Balaban J connectivity index is 1.33. The highest BCUT2D eigenvalue weighted by atomic mass is 32.2. The van der Waals surface area contributed by atoms with Gasteiger partial charge >= 0.3 is 0 Å². The second-order valence-electron chi connectivity index (χ2n) is 7.17. The molecule has 8 nitrogen and oxygen atoms in total. The lowest BCUT2D eigenvalue weighted by Crippen LogP contribution is -2.30. The van der Waals surface area contributed by atoms with Gasteiger partial charge in [-0.15, -0.1) is 10.2 Å². The number of Topliss-reactive ketones (excluding diaryl/α,β-unsaturated/α-hetero) is 1. The molecule has 2 aromatic rings. The molecular weight excluding hydrogens is 444 g/mol. The number of rotatable bonds is 9. The maximum atomic E-state index is 12.6. The zero-order valence-corrected chi connectivity index (χ0v) is 19.1. The molecule has 0 radical (unpaired) electrons. The van der Waals surface area contributed by atoms with Crippen molar-refractivity contribution in [1.29, 1.82) is 0 Å². The summed E-state index contributed by atoms with van der Waals surface area (Å²) in [5.41, 5.74) is 2.18. The summed E-state index contributed by atoms with van der Waals surface area (Å²) >= 11 is 2.79. The van der Waals surface area contributed by atoms with Crippen molar-refractivity contribution < 1.29 is 17.9 Å². The Morgan fingerprint density at radius 2 is 2.27 bits per heavy atom. The zero-order chi connectivity index (χ0) is 21.1. The molecule has 0 saturated carbocycles. The normalized spacial score (nSPS) is 18.6. The predicted octanol–water partition coefficient (Wildman–Crippen LogP) is 2.82. The molecule has 0 bridgehead atoms. The third-order valence-electron chi connectivity index (χ3n) is 5.19. The van der Waals surface area contributed by atoms with E-state index in [9.17, 15) is 13.2 Å². The van der Waals surface area contributed by atoms with Gasteiger partial charge in [-0.2, -0.15) is 0 Å². The quantitative estimate of drug-likeness (QED) is 0.443. The number of ether oxygens (including phenoxy) is 1. The van der Waals surface area contributed by atoms with Gasteiger partial charge in [-0.25, -0.2) is 8.42 Å². The molecule has 0 amide bonds. The molecule has 11 heteroatoms. The third-order valence-corrected chi connectivity index (χ3v) is 8.99. The van der Waals surface area contributed by atoms with Crippen LogP contribution in [0, 0.1) is 0 Å². The number of sulfonamides is 1. The van der Waals surface area contributed by atoms with Gasteiger partial charge in [0.25, 0.3) is 0 Å². The van der Waals surface area contributed by atoms with Crippen LogP contribution in [0.1, 0.15) is 35.7 Å². The van der Waals surface area contributed by atoms with Crippen LogP contribution in [0.2, 0.25) is 0 Å². The second-order valence-corrected chi connectivity index (χ2v) is 11.5. The Labute approximate surface area is 184 Å². The van der Waals surface area contributed by atoms with Gasteiger partial charge in [-0.1, -0.05) is 23.1 Å². The zero-order valence-electron chi connectivity index (χ0n) is 16.7. The summed E-state index contributed by atoms with van der Waals surface area (Å²) in [6.07, 6.45) is 3.01. The highest BCUT2D eigenvalue weighted by molar-refractivity contribution is 8.01. The second kappa shape index (κ2) is 9.21. The number of benzene rings is 1. The number of ketones is 1. The van der Waals surface area contributed by atoms with Crippen molar-refractivity contribution in [3.05, 3.63) is 29.3 Å². The van der Waals surface area contributed by atoms with Crippen molar-refractivity contribution in [2.45, 2.75) is 36.6 Å². The van der Waals surface area contributed by atoms with Gasteiger partial charge in [0.2, 0.25) is 15.2 Å². The van der Waals surface area contributed by atoms with Crippen molar-refractivity contribution in [3.8, 4) is 0 Å². The summed E-state index contributed by atoms with van der Waals surface area (Å²) < 4.78 is 32.2. The van der Waals surface area contributed by atoms with E-state index in [1.807, 2.05) is 6.07 Å². The lowest BCUT2D eigenvalue weighted by atomic mass is 10.1. The van der Waals surface area contributed by atoms with E-state index in [0.29, 0.717) is 24.2 Å². The molecule has 1 fully saturated rings. The van der Waals surface area contributed by atoms with E-state index in [1.165, 1.54) is 27.4 Å². The number of thioether (sulfide) groups is 1. The number of nitrogens with one attached hydrogen (secondary N) is 1. The van der Waals surface area contributed by atoms with E-state index in [1.54, 1.807) is 19.1 Å². The van der Waals surface area contributed by atoms with Crippen LogP contribution >= 0.6 is 23.1 Å². The largest absolute Gasteiger partial charge is 0.376 e.